The van der Waals surface area contributed by atoms with Crippen LogP contribution in [0.1, 0.15) is 74.2 Å². The molecule has 1 aromatic carbocycles. The molecule has 3 heterocycles. The number of para-hydroxylation sites is 1. The lowest BCUT2D eigenvalue weighted by molar-refractivity contribution is -0.150. The Bertz CT molecular complexity index is 1500. The molecule has 8 heteroatoms. The third kappa shape index (κ3) is 4.71. The monoisotopic (exact) mass is 563 g/mol. The van der Waals surface area contributed by atoms with E-state index in [4.69, 9.17) is 42.2 Å². The van der Waals surface area contributed by atoms with Crippen LogP contribution in [0.15, 0.2) is 47.2 Å². The van der Waals surface area contributed by atoms with Gasteiger partial charge in [-0.25, -0.2) is 4.98 Å². The molecule has 0 amide bonds. The molecule has 0 unspecified atom stereocenters. The van der Waals surface area contributed by atoms with Crippen molar-refractivity contribution in [3.05, 3.63) is 69.7 Å². The van der Waals surface area contributed by atoms with Crippen LogP contribution in [0, 0.1) is 12.3 Å². The molecule has 39 heavy (non-hydrogen) atoms. The zero-order valence-corrected chi connectivity index (χ0v) is 23.5. The Labute approximate surface area is 238 Å². The standard InChI is InChI=1S/C31H31Cl2N3O3/c1-19-14-26(35-25-5-3-2-4-21(19)25)37-18-30-8-11-31(12-9-30,13-10-30)38-17-22-28(36-39-29(22)20-6-7-20)27-23(32)15-34-16-24(27)33/h2-5,14-16,20H,6-13,17-18H2,1H3. The second kappa shape index (κ2) is 9.76. The number of nitrogens with zero attached hydrogens (tertiary/aromatic N) is 3. The summed E-state index contributed by atoms with van der Waals surface area (Å²) in [6.45, 7) is 3.27. The average molecular weight is 565 g/mol. The van der Waals surface area contributed by atoms with Gasteiger partial charge in [-0.1, -0.05) is 46.6 Å². The molecule has 0 atom stereocenters. The molecule has 0 aliphatic heterocycles. The van der Waals surface area contributed by atoms with E-state index >= 15 is 0 Å². The molecule has 8 rings (SSSR count). The first-order chi connectivity index (χ1) is 18.9. The molecule has 0 radical (unpaired) electrons. The Hall–Kier alpha value is -2.67. The Morgan fingerprint density at radius 1 is 1.00 bits per heavy atom. The maximum atomic E-state index is 6.78. The Kier molecular flexibility index (Phi) is 6.33. The number of ether oxygens (including phenoxy) is 2. The molecular weight excluding hydrogens is 533 g/mol. The maximum Gasteiger partial charge on any atom is 0.214 e. The van der Waals surface area contributed by atoms with Crippen LogP contribution in [0.25, 0.3) is 22.2 Å². The van der Waals surface area contributed by atoms with E-state index in [9.17, 15) is 0 Å². The summed E-state index contributed by atoms with van der Waals surface area (Å²) in [5.74, 6) is 2.04. The zero-order chi connectivity index (χ0) is 26.6. The fourth-order valence-corrected chi connectivity index (χ4v) is 7.01. The van der Waals surface area contributed by atoms with Crippen molar-refractivity contribution in [3.8, 4) is 17.1 Å². The van der Waals surface area contributed by atoms with Gasteiger partial charge in [-0.15, -0.1) is 0 Å². The van der Waals surface area contributed by atoms with Crippen LogP contribution >= 0.6 is 23.2 Å². The minimum Gasteiger partial charge on any atom is -0.477 e. The molecule has 3 aromatic heterocycles. The molecular formula is C31H31Cl2N3O3. The highest BCUT2D eigenvalue weighted by Gasteiger charge is 2.50. The van der Waals surface area contributed by atoms with Crippen LogP contribution in [0.4, 0.5) is 0 Å². The summed E-state index contributed by atoms with van der Waals surface area (Å²) in [7, 11) is 0. The van der Waals surface area contributed by atoms with Crippen LogP contribution in [0.3, 0.4) is 0 Å². The van der Waals surface area contributed by atoms with E-state index in [-0.39, 0.29) is 11.0 Å². The summed E-state index contributed by atoms with van der Waals surface area (Å²) >= 11 is 13.0. The molecule has 0 N–H and O–H groups in total. The third-order valence-electron chi connectivity index (χ3n) is 9.14. The van der Waals surface area contributed by atoms with Crippen LogP contribution in [-0.2, 0) is 11.3 Å². The molecule has 0 spiro atoms. The van der Waals surface area contributed by atoms with Gasteiger partial charge < -0.3 is 14.0 Å². The minimum absolute atomic E-state index is 0.124. The van der Waals surface area contributed by atoms with Crippen LogP contribution < -0.4 is 4.74 Å². The molecule has 0 saturated heterocycles. The van der Waals surface area contributed by atoms with Crippen molar-refractivity contribution in [2.45, 2.75) is 76.4 Å². The number of pyridine rings is 2. The fourth-order valence-electron chi connectivity index (χ4n) is 6.47. The molecule has 6 nitrogen and oxygen atoms in total. The second-order valence-corrected chi connectivity index (χ2v) is 12.5. The molecule has 202 valence electrons. The summed E-state index contributed by atoms with van der Waals surface area (Å²) in [6.07, 6.45) is 11.8. The van der Waals surface area contributed by atoms with Crippen LogP contribution in [-0.4, -0.2) is 27.3 Å². The van der Waals surface area contributed by atoms with Gasteiger partial charge in [0.05, 0.1) is 34.4 Å². The number of rotatable bonds is 8. The van der Waals surface area contributed by atoms with E-state index in [1.807, 2.05) is 12.1 Å². The highest BCUT2D eigenvalue weighted by molar-refractivity contribution is 6.38. The summed E-state index contributed by atoms with van der Waals surface area (Å²) in [4.78, 5) is 8.85. The molecule has 2 bridgehead atoms. The minimum atomic E-state index is -0.124. The van der Waals surface area contributed by atoms with E-state index < -0.39 is 0 Å². The molecule has 4 aromatic rings. The lowest BCUT2D eigenvalue weighted by Gasteiger charge is -2.52. The first-order valence-corrected chi connectivity index (χ1v) is 14.6. The third-order valence-corrected chi connectivity index (χ3v) is 9.71. The number of hydrogen-bond acceptors (Lipinski definition) is 6. The van der Waals surface area contributed by atoms with Crippen molar-refractivity contribution in [3.63, 3.8) is 0 Å². The van der Waals surface area contributed by atoms with Crippen molar-refractivity contribution in [1.29, 1.82) is 0 Å². The predicted molar refractivity (Wildman–Crippen MR) is 151 cm³/mol. The fraction of sp³-hybridized carbons (Fsp3) is 0.452. The first kappa shape index (κ1) is 25.3. The number of hydrogen-bond donors (Lipinski definition) is 0. The quantitative estimate of drug-likeness (QED) is 0.214. The van der Waals surface area contributed by atoms with Gasteiger partial charge in [-0.05, 0) is 69.9 Å². The number of halogens is 2. The molecule has 4 saturated carbocycles. The van der Waals surface area contributed by atoms with Gasteiger partial charge in [0, 0.05) is 46.3 Å². The second-order valence-electron chi connectivity index (χ2n) is 11.7. The van der Waals surface area contributed by atoms with E-state index in [1.165, 1.54) is 10.9 Å². The topological polar surface area (TPSA) is 70.3 Å². The summed E-state index contributed by atoms with van der Waals surface area (Å²) in [5, 5.41) is 6.52. The average Bonchev–Trinajstić information content (AvgIpc) is 3.72. The van der Waals surface area contributed by atoms with Gasteiger partial charge in [-0.3, -0.25) is 4.98 Å². The van der Waals surface area contributed by atoms with Gasteiger partial charge in [0.2, 0.25) is 5.88 Å². The highest BCUT2D eigenvalue weighted by atomic mass is 35.5. The summed E-state index contributed by atoms with van der Waals surface area (Å²) in [5.41, 5.74) is 4.57. The number of fused-ring (bicyclic) bond motifs is 4. The Morgan fingerprint density at radius 3 is 2.44 bits per heavy atom. The summed E-state index contributed by atoms with van der Waals surface area (Å²) in [6, 6.07) is 10.3. The molecule has 4 fully saturated rings. The Balaban J connectivity index is 1.04. The van der Waals surface area contributed by atoms with E-state index in [0.717, 1.165) is 74.1 Å². The smallest absolute Gasteiger partial charge is 0.214 e. The predicted octanol–water partition coefficient (Wildman–Crippen LogP) is 8.47. The van der Waals surface area contributed by atoms with Crippen molar-refractivity contribution < 1.29 is 14.0 Å². The highest BCUT2D eigenvalue weighted by Crippen LogP contribution is 2.55. The lowest BCUT2D eigenvalue weighted by Crippen LogP contribution is -2.49. The number of benzene rings is 1. The lowest BCUT2D eigenvalue weighted by atomic mass is 9.59. The SMILES string of the molecule is Cc1cc(OCC23CCC(OCc4c(-c5c(Cl)cncc5Cl)noc4C4CC4)(CC2)CC3)nc2ccccc12. The van der Waals surface area contributed by atoms with E-state index in [1.54, 1.807) is 12.4 Å². The van der Waals surface area contributed by atoms with E-state index in [0.29, 0.717) is 40.4 Å². The van der Waals surface area contributed by atoms with Gasteiger partial charge in [-0.2, -0.15) is 0 Å². The van der Waals surface area contributed by atoms with Crippen molar-refractivity contribution in [2.75, 3.05) is 6.61 Å². The van der Waals surface area contributed by atoms with Crippen LogP contribution in [0.2, 0.25) is 10.0 Å². The van der Waals surface area contributed by atoms with Gasteiger partial charge >= 0.3 is 0 Å². The Morgan fingerprint density at radius 2 is 1.72 bits per heavy atom. The summed E-state index contributed by atoms with van der Waals surface area (Å²) < 4.78 is 19.0. The van der Waals surface area contributed by atoms with Crippen LogP contribution in [0.5, 0.6) is 5.88 Å². The zero-order valence-electron chi connectivity index (χ0n) is 22.0. The number of aryl methyl sites for hydroxylation is 1. The molecule has 4 aliphatic carbocycles. The van der Waals surface area contributed by atoms with Gasteiger partial charge in [0.25, 0.3) is 0 Å². The van der Waals surface area contributed by atoms with E-state index in [2.05, 4.69) is 35.3 Å². The first-order valence-electron chi connectivity index (χ1n) is 13.9. The van der Waals surface area contributed by atoms with Gasteiger partial charge in [0.15, 0.2) is 0 Å². The van der Waals surface area contributed by atoms with Crippen molar-refractivity contribution in [1.82, 2.24) is 15.1 Å². The largest absolute Gasteiger partial charge is 0.477 e. The maximum absolute atomic E-state index is 6.78. The van der Waals surface area contributed by atoms with Crippen molar-refractivity contribution in [2.24, 2.45) is 5.41 Å². The number of aromatic nitrogens is 3. The van der Waals surface area contributed by atoms with Gasteiger partial charge in [0.1, 0.15) is 11.5 Å². The molecule has 4 aliphatic rings. The van der Waals surface area contributed by atoms with Crippen molar-refractivity contribution >= 4 is 34.1 Å². The normalized spacial score (nSPS) is 24.4.